The largest absolute Gasteiger partial charge is 0.309 e. The molecule has 20 heavy (non-hydrogen) atoms. The van der Waals surface area contributed by atoms with Crippen molar-refractivity contribution in [1.82, 2.24) is 5.32 Å². The third-order valence-electron chi connectivity index (χ3n) is 3.03. The number of thiophene rings is 1. The minimum absolute atomic E-state index is 0.133. The fraction of sp³-hybridized carbons (Fsp3) is 0.333. The summed E-state index contributed by atoms with van der Waals surface area (Å²) in [6.07, 6.45) is 1.70. The van der Waals surface area contributed by atoms with E-state index in [1.165, 1.54) is 10.9 Å². The second kappa shape index (κ2) is 7.69. The van der Waals surface area contributed by atoms with Gasteiger partial charge < -0.3 is 5.32 Å². The summed E-state index contributed by atoms with van der Waals surface area (Å²) in [4.78, 5) is 1.22. The minimum atomic E-state index is -0.149. The highest BCUT2D eigenvalue weighted by molar-refractivity contribution is 9.10. The number of hydrogen-bond donors (Lipinski definition) is 1. The van der Waals surface area contributed by atoms with Crippen molar-refractivity contribution >= 4 is 43.2 Å². The maximum Gasteiger partial charge on any atom is 0.126 e. The molecule has 1 aromatic heterocycles. The fourth-order valence-electron chi connectivity index (χ4n) is 2.05. The quantitative estimate of drug-likeness (QED) is 0.632. The van der Waals surface area contributed by atoms with Crippen LogP contribution in [0.1, 0.15) is 29.8 Å². The number of benzene rings is 1. The smallest absolute Gasteiger partial charge is 0.126 e. The molecule has 0 amide bonds. The fourth-order valence-corrected chi connectivity index (χ4v) is 4.18. The predicted molar refractivity (Wildman–Crippen MR) is 90.9 cm³/mol. The van der Waals surface area contributed by atoms with Crippen molar-refractivity contribution in [2.75, 3.05) is 6.54 Å². The van der Waals surface area contributed by atoms with Gasteiger partial charge in [-0.25, -0.2) is 4.39 Å². The standard InChI is InChI=1S/C15H16Br2FNS/c1-2-6-19-14(15-12(17)5-7-20-15)9-10-8-11(16)3-4-13(10)18/h3-5,7-8,14,19H,2,6,9H2,1H3. The minimum Gasteiger partial charge on any atom is -0.309 e. The Morgan fingerprint density at radius 2 is 2.10 bits per heavy atom. The van der Waals surface area contributed by atoms with Crippen LogP contribution in [-0.2, 0) is 6.42 Å². The van der Waals surface area contributed by atoms with E-state index in [2.05, 4.69) is 49.5 Å². The third-order valence-corrected chi connectivity index (χ3v) is 5.51. The molecule has 1 N–H and O–H groups in total. The molecule has 0 aliphatic rings. The summed E-state index contributed by atoms with van der Waals surface area (Å²) in [7, 11) is 0. The maximum absolute atomic E-state index is 13.9. The zero-order valence-corrected chi connectivity index (χ0v) is 15.1. The number of halogens is 3. The molecule has 0 saturated carbocycles. The van der Waals surface area contributed by atoms with Crippen molar-refractivity contribution in [3.8, 4) is 0 Å². The number of rotatable bonds is 6. The maximum atomic E-state index is 13.9. The van der Waals surface area contributed by atoms with Crippen LogP contribution in [-0.4, -0.2) is 6.54 Å². The molecule has 0 bridgehead atoms. The van der Waals surface area contributed by atoms with Crippen LogP contribution in [0.5, 0.6) is 0 Å². The van der Waals surface area contributed by atoms with Crippen molar-refractivity contribution in [2.24, 2.45) is 0 Å². The molecule has 1 aromatic carbocycles. The van der Waals surface area contributed by atoms with Crippen LogP contribution in [0.4, 0.5) is 4.39 Å². The van der Waals surface area contributed by atoms with Crippen molar-refractivity contribution < 1.29 is 4.39 Å². The molecule has 0 aliphatic heterocycles. The molecule has 1 nitrogen and oxygen atoms in total. The first-order valence-electron chi connectivity index (χ1n) is 6.52. The molecule has 0 spiro atoms. The lowest BCUT2D eigenvalue weighted by molar-refractivity contribution is 0.518. The van der Waals surface area contributed by atoms with E-state index in [0.29, 0.717) is 6.42 Å². The summed E-state index contributed by atoms with van der Waals surface area (Å²) in [5, 5.41) is 5.56. The number of nitrogens with one attached hydrogen (secondary N) is 1. The zero-order chi connectivity index (χ0) is 14.5. The van der Waals surface area contributed by atoms with Gasteiger partial charge in [-0.1, -0.05) is 22.9 Å². The van der Waals surface area contributed by atoms with Crippen molar-refractivity contribution in [1.29, 1.82) is 0 Å². The SMILES string of the molecule is CCCNC(Cc1cc(Br)ccc1F)c1sccc1Br. The van der Waals surface area contributed by atoms with E-state index < -0.39 is 0 Å². The van der Waals surface area contributed by atoms with Gasteiger partial charge in [0, 0.05) is 19.9 Å². The van der Waals surface area contributed by atoms with Gasteiger partial charge in [-0.3, -0.25) is 0 Å². The lowest BCUT2D eigenvalue weighted by atomic mass is 10.0. The summed E-state index contributed by atoms with van der Waals surface area (Å²) in [6, 6.07) is 7.27. The monoisotopic (exact) mass is 419 g/mol. The van der Waals surface area contributed by atoms with E-state index in [9.17, 15) is 4.39 Å². The highest BCUT2D eigenvalue weighted by Crippen LogP contribution is 2.32. The lowest BCUT2D eigenvalue weighted by Crippen LogP contribution is -2.24. The summed E-state index contributed by atoms with van der Waals surface area (Å²) in [5.74, 6) is -0.149. The molecule has 5 heteroatoms. The molecule has 2 rings (SSSR count). The van der Waals surface area contributed by atoms with Crippen LogP contribution in [0.2, 0.25) is 0 Å². The second-order valence-electron chi connectivity index (χ2n) is 4.58. The van der Waals surface area contributed by atoms with Crippen molar-refractivity contribution in [3.63, 3.8) is 0 Å². The first-order valence-corrected chi connectivity index (χ1v) is 8.98. The van der Waals surface area contributed by atoms with Crippen LogP contribution in [0.15, 0.2) is 38.6 Å². The summed E-state index contributed by atoms with van der Waals surface area (Å²) < 4.78 is 15.9. The highest BCUT2D eigenvalue weighted by atomic mass is 79.9. The summed E-state index contributed by atoms with van der Waals surface area (Å²) in [6.45, 7) is 3.05. The van der Waals surface area contributed by atoms with Crippen LogP contribution < -0.4 is 5.32 Å². The Labute approximate surface area is 139 Å². The van der Waals surface area contributed by atoms with E-state index in [1.807, 2.05) is 12.1 Å². The average molecular weight is 421 g/mol. The average Bonchev–Trinajstić information content (AvgIpc) is 2.84. The highest BCUT2D eigenvalue weighted by Gasteiger charge is 2.18. The molecular weight excluding hydrogens is 405 g/mol. The first-order chi connectivity index (χ1) is 9.61. The molecule has 0 fully saturated rings. The van der Waals surface area contributed by atoms with E-state index in [1.54, 1.807) is 17.4 Å². The first kappa shape index (κ1) is 16.1. The molecule has 0 radical (unpaired) electrons. The lowest BCUT2D eigenvalue weighted by Gasteiger charge is -2.18. The second-order valence-corrected chi connectivity index (χ2v) is 7.30. The van der Waals surface area contributed by atoms with Gasteiger partial charge in [-0.2, -0.15) is 0 Å². The molecule has 1 heterocycles. The van der Waals surface area contributed by atoms with E-state index >= 15 is 0 Å². The van der Waals surface area contributed by atoms with Crippen LogP contribution >= 0.6 is 43.2 Å². The Bertz CT molecular complexity index is 571. The van der Waals surface area contributed by atoms with E-state index in [-0.39, 0.29) is 11.9 Å². The third kappa shape index (κ3) is 4.13. The molecule has 2 aromatic rings. The molecule has 0 saturated heterocycles. The zero-order valence-electron chi connectivity index (χ0n) is 11.1. The van der Waals surface area contributed by atoms with Crippen LogP contribution in [0, 0.1) is 5.82 Å². The van der Waals surface area contributed by atoms with Crippen molar-refractivity contribution in [2.45, 2.75) is 25.8 Å². The molecule has 0 aliphatic carbocycles. The Hall–Kier alpha value is -0.230. The van der Waals surface area contributed by atoms with Crippen LogP contribution in [0.3, 0.4) is 0 Å². The topological polar surface area (TPSA) is 12.0 Å². The Morgan fingerprint density at radius 1 is 1.30 bits per heavy atom. The molecule has 1 unspecified atom stereocenters. The van der Waals surface area contributed by atoms with Gasteiger partial charge in [0.15, 0.2) is 0 Å². The summed E-state index contributed by atoms with van der Waals surface area (Å²) >= 11 is 8.67. The summed E-state index contributed by atoms with van der Waals surface area (Å²) in [5.41, 5.74) is 0.730. The van der Waals surface area contributed by atoms with Gasteiger partial charge in [0.05, 0.1) is 0 Å². The van der Waals surface area contributed by atoms with Gasteiger partial charge in [-0.05, 0) is 70.5 Å². The number of hydrogen-bond acceptors (Lipinski definition) is 2. The Morgan fingerprint density at radius 3 is 2.75 bits per heavy atom. The Balaban J connectivity index is 2.23. The van der Waals surface area contributed by atoms with Gasteiger partial charge in [0.2, 0.25) is 0 Å². The van der Waals surface area contributed by atoms with Gasteiger partial charge in [-0.15, -0.1) is 11.3 Å². The van der Waals surface area contributed by atoms with Gasteiger partial charge in [0.25, 0.3) is 0 Å². The Kier molecular flexibility index (Phi) is 6.20. The predicted octanol–water partition coefficient (Wildman–Crippen LogP) is 5.70. The van der Waals surface area contributed by atoms with E-state index in [4.69, 9.17) is 0 Å². The molecule has 1 atom stereocenters. The van der Waals surface area contributed by atoms with E-state index in [0.717, 1.165) is 27.5 Å². The normalized spacial score (nSPS) is 12.6. The molecule has 108 valence electrons. The van der Waals surface area contributed by atoms with Gasteiger partial charge in [0.1, 0.15) is 5.82 Å². The van der Waals surface area contributed by atoms with Crippen LogP contribution in [0.25, 0.3) is 0 Å². The molecular formula is C15H16Br2FNS. The van der Waals surface area contributed by atoms with Crippen molar-refractivity contribution in [3.05, 3.63) is 54.8 Å². The van der Waals surface area contributed by atoms with Gasteiger partial charge >= 0.3 is 0 Å².